The third-order valence-corrected chi connectivity index (χ3v) is 3.59. The molecule has 0 aliphatic heterocycles. The number of nitrogens with zero attached hydrogens (tertiary/aromatic N) is 3. The summed E-state index contributed by atoms with van der Waals surface area (Å²) < 4.78 is 15.5. The summed E-state index contributed by atoms with van der Waals surface area (Å²) in [7, 11) is 1.71. The highest BCUT2D eigenvalue weighted by Gasteiger charge is 2.21. The van der Waals surface area contributed by atoms with Gasteiger partial charge < -0.3 is 5.73 Å². The molecule has 3 rings (SSSR count). The van der Waals surface area contributed by atoms with E-state index in [0.717, 1.165) is 11.8 Å². The Hall–Kier alpha value is -2.40. The van der Waals surface area contributed by atoms with Gasteiger partial charge in [0.1, 0.15) is 11.5 Å². The summed E-state index contributed by atoms with van der Waals surface area (Å²) in [5, 5.41) is 4.86. The number of aryl methyl sites for hydroxylation is 1. The number of halogens is 2. The number of nitrogen functional groups attached to an aromatic ring is 1. The summed E-state index contributed by atoms with van der Waals surface area (Å²) in [6.07, 6.45) is 2.66. The monoisotopic (exact) mass is 302 g/mol. The van der Waals surface area contributed by atoms with E-state index >= 15 is 0 Å². The molecule has 21 heavy (non-hydrogen) atoms. The molecular weight excluding hydrogens is 291 g/mol. The first-order valence-electron chi connectivity index (χ1n) is 6.27. The topological polar surface area (TPSA) is 56.7 Å². The second kappa shape index (κ2) is 5.18. The van der Waals surface area contributed by atoms with E-state index in [2.05, 4.69) is 10.1 Å². The Balaban J connectivity index is 2.32. The predicted molar refractivity (Wildman–Crippen MR) is 81.3 cm³/mol. The molecule has 2 aromatic heterocycles. The van der Waals surface area contributed by atoms with Crippen LogP contribution in [-0.2, 0) is 7.05 Å². The van der Waals surface area contributed by atoms with Crippen molar-refractivity contribution in [2.24, 2.45) is 7.05 Å². The van der Waals surface area contributed by atoms with Crippen LogP contribution in [0.4, 0.5) is 10.2 Å². The van der Waals surface area contributed by atoms with Crippen molar-refractivity contribution in [2.75, 3.05) is 5.73 Å². The van der Waals surface area contributed by atoms with Crippen molar-refractivity contribution >= 4 is 17.4 Å². The van der Waals surface area contributed by atoms with Crippen LogP contribution in [0.15, 0.2) is 42.7 Å². The Labute approximate surface area is 126 Å². The van der Waals surface area contributed by atoms with E-state index in [0.29, 0.717) is 27.7 Å². The molecule has 0 bridgehead atoms. The van der Waals surface area contributed by atoms with Crippen LogP contribution in [-0.4, -0.2) is 14.8 Å². The third-order valence-electron chi connectivity index (χ3n) is 3.26. The minimum Gasteiger partial charge on any atom is -0.383 e. The molecular formula is C15H12ClFN4. The number of hydrogen-bond donors (Lipinski definition) is 1. The molecule has 0 spiro atoms. The molecule has 3 aromatic rings. The molecule has 0 amide bonds. The molecule has 6 heteroatoms. The first kappa shape index (κ1) is 13.6. The normalized spacial score (nSPS) is 10.8. The quantitative estimate of drug-likeness (QED) is 0.788. The molecule has 0 aliphatic carbocycles. The maximum atomic E-state index is 14.0. The van der Waals surface area contributed by atoms with Gasteiger partial charge in [-0.25, -0.2) is 4.39 Å². The van der Waals surface area contributed by atoms with Crippen molar-refractivity contribution in [3.63, 3.8) is 0 Å². The van der Waals surface area contributed by atoms with E-state index < -0.39 is 5.82 Å². The highest BCUT2D eigenvalue weighted by Crippen LogP contribution is 2.39. The Kier molecular flexibility index (Phi) is 3.35. The maximum absolute atomic E-state index is 14.0. The second-order valence-electron chi connectivity index (χ2n) is 4.57. The largest absolute Gasteiger partial charge is 0.383 e. The Morgan fingerprint density at radius 2 is 1.95 bits per heavy atom. The molecule has 106 valence electrons. The van der Waals surface area contributed by atoms with Crippen molar-refractivity contribution < 1.29 is 4.39 Å². The van der Waals surface area contributed by atoms with E-state index in [1.807, 2.05) is 18.2 Å². The molecule has 4 nitrogen and oxygen atoms in total. The van der Waals surface area contributed by atoms with Gasteiger partial charge in [-0.1, -0.05) is 29.8 Å². The second-order valence-corrected chi connectivity index (χ2v) is 4.98. The minimum atomic E-state index is -0.455. The van der Waals surface area contributed by atoms with Crippen molar-refractivity contribution in [3.05, 3.63) is 53.6 Å². The number of nitrogens with two attached hydrogens (primary N) is 1. The van der Waals surface area contributed by atoms with Crippen molar-refractivity contribution in [2.45, 2.75) is 0 Å². The molecule has 0 atom stereocenters. The zero-order valence-electron chi connectivity index (χ0n) is 11.2. The molecule has 0 saturated heterocycles. The highest BCUT2D eigenvalue weighted by atomic mass is 35.5. The first-order chi connectivity index (χ1) is 10.1. The summed E-state index contributed by atoms with van der Waals surface area (Å²) in [5.74, 6) is -0.0294. The van der Waals surface area contributed by atoms with Crippen LogP contribution >= 0.6 is 11.6 Å². The summed E-state index contributed by atoms with van der Waals surface area (Å²) in [4.78, 5) is 3.75. The van der Waals surface area contributed by atoms with Gasteiger partial charge in [-0.3, -0.25) is 9.67 Å². The van der Waals surface area contributed by atoms with Crippen LogP contribution in [0.2, 0.25) is 5.02 Å². The van der Waals surface area contributed by atoms with E-state index in [1.165, 1.54) is 10.9 Å². The summed E-state index contributed by atoms with van der Waals surface area (Å²) in [6.45, 7) is 0. The average molecular weight is 303 g/mol. The van der Waals surface area contributed by atoms with E-state index in [1.54, 1.807) is 19.2 Å². The minimum absolute atomic E-state index is 0.340. The fourth-order valence-electron chi connectivity index (χ4n) is 2.22. The van der Waals surface area contributed by atoms with E-state index in [-0.39, 0.29) is 0 Å². The molecule has 0 aliphatic rings. The van der Waals surface area contributed by atoms with Crippen LogP contribution in [0.3, 0.4) is 0 Å². The smallest absolute Gasteiger partial charge is 0.150 e. The SMILES string of the molecule is Cn1nc(-c2ccncc2F)c(-c2ccccc2Cl)c1N. The number of aromatic nitrogens is 3. The highest BCUT2D eigenvalue weighted by molar-refractivity contribution is 6.33. The van der Waals surface area contributed by atoms with Crippen LogP contribution in [0.1, 0.15) is 0 Å². The van der Waals surface area contributed by atoms with Crippen molar-refractivity contribution in [1.29, 1.82) is 0 Å². The number of pyridine rings is 1. The molecule has 0 unspecified atom stereocenters. The predicted octanol–water partition coefficient (Wildman–Crippen LogP) is 3.52. The lowest BCUT2D eigenvalue weighted by atomic mass is 10.0. The first-order valence-corrected chi connectivity index (χ1v) is 6.64. The lowest BCUT2D eigenvalue weighted by molar-refractivity contribution is 0.623. The summed E-state index contributed by atoms with van der Waals surface area (Å²) in [6, 6.07) is 8.83. The van der Waals surface area contributed by atoms with Gasteiger partial charge in [-0.05, 0) is 12.1 Å². The third kappa shape index (κ3) is 2.25. The average Bonchev–Trinajstić information content (AvgIpc) is 2.76. The summed E-state index contributed by atoms with van der Waals surface area (Å²) >= 11 is 6.24. The van der Waals surface area contributed by atoms with Gasteiger partial charge in [0.2, 0.25) is 0 Å². The molecule has 1 aromatic carbocycles. The Morgan fingerprint density at radius 3 is 2.67 bits per heavy atom. The molecule has 0 saturated carbocycles. The fraction of sp³-hybridized carbons (Fsp3) is 0.0667. The standard InChI is InChI=1S/C15H12ClFN4/c1-21-15(18)13(9-4-2-3-5-11(9)16)14(20-21)10-6-7-19-8-12(10)17/h2-8H,18H2,1H3. The van der Waals surface area contributed by atoms with Gasteiger partial charge in [-0.15, -0.1) is 0 Å². The van der Waals surface area contributed by atoms with Crippen LogP contribution in [0, 0.1) is 5.82 Å². The van der Waals surface area contributed by atoms with Gasteiger partial charge in [0, 0.05) is 29.4 Å². The molecule has 2 heterocycles. The van der Waals surface area contributed by atoms with E-state index in [9.17, 15) is 4.39 Å². The van der Waals surface area contributed by atoms with Crippen LogP contribution in [0.5, 0.6) is 0 Å². The van der Waals surface area contributed by atoms with Gasteiger partial charge >= 0.3 is 0 Å². The number of benzene rings is 1. The maximum Gasteiger partial charge on any atom is 0.150 e. The van der Waals surface area contributed by atoms with E-state index in [4.69, 9.17) is 17.3 Å². The van der Waals surface area contributed by atoms with Crippen molar-refractivity contribution in [1.82, 2.24) is 14.8 Å². The zero-order chi connectivity index (χ0) is 15.0. The van der Waals surface area contributed by atoms with Gasteiger partial charge in [0.25, 0.3) is 0 Å². The Bertz CT molecular complexity index is 813. The summed E-state index contributed by atoms with van der Waals surface area (Å²) in [5.41, 5.74) is 8.22. The van der Waals surface area contributed by atoms with Gasteiger partial charge in [0.05, 0.1) is 11.8 Å². The Morgan fingerprint density at radius 1 is 1.19 bits per heavy atom. The van der Waals surface area contributed by atoms with Gasteiger partial charge in [0.15, 0.2) is 5.82 Å². The van der Waals surface area contributed by atoms with Crippen LogP contribution < -0.4 is 5.73 Å². The fourth-order valence-corrected chi connectivity index (χ4v) is 2.45. The lowest BCUT2D eigenvalue weighted by Crippen LogP contribution is -1.98. The van der Waals surface area contributed by atoms with Crippen LogP contribution in [0.25, 0.3) is 22.4 Å². The number of rotatable bonds is 2. The molecule has 2 N–H and O–H groups in total. The number of hydrogen-bond acceptors (Lipinski definition) is 3. The zero-order valence-corrected chi connectivity index (χ0v) is 12.0. The molecule has 0 fully saturated rings. The molecule has 0 radical (unpaired) electrons. The number of anilines is 1. The van der Waals surface area contributed by atoms with Gasteiger partial charge in [-0.2, -0.15) is 5.10 Å². The van der Waals surface area contributed by atoms with Crippen molar-refractivity contribution in [3.8, 4) is 22.4 Å². The lowest BCUT2D eigenvalue weighted by Gasteiger charge is -2.07.